The number of methoxy groups -OCH3 is 1. The van der Waals surface area contributed by atoms with Gasteiger partial charge in [-0.1, -0.05) is 51.5 Å². The van der Waals surface area contributed by atoms with Crippen molar-refractivity contribution in [1.29, 1.82) is 0 Å². The Balaban J connectivity index is 0.903. The number of allylic oxidation sites excluding steroid dienone is 1. The summed E-state index contributed by atoms with van der Waals surface area (Å²) in [6.07, 6.45) is -44.0. The maximum Gasteiger partial charge on any atom is 0.397 e. The molecule has 6 aliphatic heterocycles. The third-order valence-electron chi connectivity index (χ3n) is 23.0. The predicted molar refractivity (Wildman–Crippen MR) is 318 cm³/mol. The smallest absolute Gasteiger partial charge is 0.397 e. The van der Waals surface area contributed by atoms with E-state index in [9.17, 15) is 102 Å². The fourth-order valence-corrected chi connectivity index (χ4v) is 18.4. The average Bonchev–Trinajstić information content (AvgIpc) is 1.53. The molecule has 0 aromatic carbocycles. The lowest BCUT2D eigenvalue weighted by Crippen LogP contribution is -2.68. The van der Waals surface area contributed by atoms with E-state index in [0.717, 1.165) is 12.7 Å². The molecule has 0 bridgehead atoms. The fourth-order valence-electron chi connectivity index (χ4n) is 17.8. The summed E-state index contributed by atoms with van der Waals surface area (Å²) >= 11 is 0. The van der Waals surface area contributed by atoms with Crippen LogP contribution in [0.3, 0.4) is 0 Å². The van der Waals surface area contributed by atoms with Gasteiger partial charge >= 0.3 is 26.8 Å². The van der Waals surface area contributed by atoms with Crippen molar-refractivity contribution in [1.82, 2.24) is 0 Å². The maximum absolute atomic E-state index is 14.6. The van der Waals surface area contributed by atoms with Crippen LogP contribution in [0.25, 0.3) is 0 Å². The van der Waals surface area contributed by atoms with Crippen molar-refractivity contribution in [3.63, 3.8) is 0 Å². The minimum absolute atomic E-state index is 0.146. The van der Waals surface area contributed by atoms with E-state index in [1.807, 2.05) is 26.8 Å². The van der Waals surface area contributed by atoms with Crippen molar-refractivity contribution in [2.45, 2.75) is 264 Å². The molecule has 35 nitrogen and oxygen atoms in total. The molecule has 34 atom stereocenters. The first-order valence-electron chi connectivity index (χ1n) is 32.5. The molecule has 6 heterocycles. The van der Waals surface area contributed by atoms with Crippen molar-refractivity contribution >= 4 is 26.8 Å². The Hall–Kier alpha value is -2.31. The lowest BCUT2D eigenvalue weighted by Gasteiger charge is -2.64. The van der Waals surface area contributed by atoms with Gasteiger partial charge in [0.25, 0.3) is 0 Å². The SMILES string of the molecule is C=C(C)C(O)CC[C@]1(C)OC(=O)[C@]23[C@@H](O)C=C4[C@@H](CC[C@H]5C(C)(C)C(O[C@@H]6OC[C@@H](O[C@@H]7O[C@H](COS(=O)(=O)O)[C@@H](O)[C@H](O)[C@H]7O)[C@H](O)[C@H]6O[C@@H]6O[C@H](CO)[C@@H](O[C@@H]7O[C@H](COS(=O)(=O)O)[C@@H](O)[C@H](O[C@@H]8O[C@H](CO)[C@@H](O)[C@H](OC)[C@H]8O)[C@H]7O)[C@H](O)[C@H]6O)CC[C@]45C)[C@]2(C)CC[C@@H]31. The van der Waals surface area contributed by atoms with Crippen LogP contribution in [0.15, 0.2) is 23.8 Å². The quantitative estimate of drug-likeness (QED) is 0.0197. The van der Waals surface area contributed by atoms with Crippen LogP contribution in [0.1, 0.15) is 92.9 Å². The molecule has 4 aliphatic carbocycles. The van der Waals surface area contributed by atoms with E-state index in [-0.39, 0.29) is 17.8 Å². The number of cyclic esters (lactones) is 1. The third kappa shape index (κ3) is 14.2. The number of aliphatic hydroxyl groups excluding tert-OH is 14. The second kappa shape index (κ2) is 29.0. The van der Waals surface area contributed by atoms with Gasteiger partial charge in [-0.15, -0.1) is 0 Å². The molecule has 0 aromatic rings. The lowest BCUT2D eigenvalue weighted by atomic mass is 9.40. The van der Waals surface area contributed by atoms with Crippen LogP contribution >= 0.6 is 0 Å². The highest BCUT2D eigenvalue weighted by Crippen LogP contribution is 2.76. The summed E-state index contributed by atoms with van der Waals surface area (Å²) in [6, 6.07) is 0. The van der Waals surface area contributed by atoms with E-state index in [1.54, 1.807) is 6.92 Å². The van der Waals surface area contributed by atoms with Crippen LogP contribution in [-0.4, -0.2) is 315 Å². The van der Waals surface area contributed by atoms with Crippen molar-refractivity contribution in [2.24, 2.45) is 39.4 Å². The highest BCUT2D eigenvalue weighted by Gasteiger charge is 2.79. The van der Waals surface area contributed by atoms with E-state index < -0.39 is 253 Å². The second-order valence-corrected chi connectivity index (χ2v) is 31.1. The molecule has 37 heteroatoms. The molecule has 558 valence electrons. The van der Waals surface area contributed by atoms with Crippen molar-refractivity contribution < 1.29 is 167 Å². The molecule has 0 aromatic heterocycles. The van der Waals surface area contributed by atoms with Gasteiger partial charge in [-0.05, 0) is 93.3 Å². The molecule has 1 spiro atoms. The van der Waals surface area contributed by atoms with Gasteiger partial charge in [-0.2, -0.15) is 16.8 Å². The number of esters is 1. The Morgan fingerprint density at radius 1 is 0.598 bits per heavy atom. The van der Waals surface area contributed by atoms with Gasteiger partial charge in [0, 0.05) is 13.0 Å². The second-order valence-electron chi connectivity index (χ2n) is 28.9. The normalized spacial score (nSPS) is 49.5. The standard InChI is InChI=1S/C60H96O35S2/c1-23(2)26(63)11-16-59(7)33-12-15-58(6)24-9-10-32-56(3,4)35(13-14-57(32,5)25(24)17-34(64)60(33,58)55(75)95-59)91-54-49(39(68)29(20-83-54)88-50-42(71)40(69)36(65)30(89-50)21-84-96(76,77)78)94-51-43(72)41(70)46(28(19-62)87-51)92-53-45(74)48(38(67)31(90-53)22-85-97(79,80)81)93-52-44(73)47(82-8)37(66)27(18-61)86-52/h17,24,26-54,61-74H,1,9-16,18-22H2,2-8H3,(H,76,77,78)(H,79,80,81)/t24-,26?,27-,28-,29-,30-,31-,32+,33-,34+,35?,36-,37-,38-,39+,40+,41-,42-,43-,44-,45-,46-,47+,48+,49-,50-,51+,52+,53+,54+,57-,58+,59+,60+/m1/s1. The Labute approximate surface area is 559 Å². The topological polar surface area (TPSA) is 538 Å². The monoisotopic (exact) mass is 1440 g/mol. The summed E-state index contributed by atoms with van der Waals surface area (Å²) in [4.78, 5) is 14.6. The van der Waals surface area contributed by atoms with Crippen molar-refractivity contribution in [3.8, 4) is 0 Å². The number of rotatable bonds is 23. The van der Waals surface area contributed by atoms with Crippen LogP contribution in [-0.2, 0) is 90.8 Å². The molecular formula is C60H96O35S2. The minimum Gasteiger partial charge on any atom is -0.459 e. The molecular weight excluding hydrogens is 1340 g/mol. The number of carbonyl (C=O) groups is 1. The first-order chi connectivity index (χ1) is 45.2. The number of ether oxygens (including phenoxy) is 12. The lowest BCUT2D eigenvalue weighted by molar-refractivity contribution is -0.396. The summed E-state index contributed by atoms with van der Waals surface area (Å²) in [6.45, 7) is 10.8. The van der Waals surface area contributed by atoms with Crippen LogP contribution < -0.4 is 0 Å². The first-order valence-corrected chi connectivity index (χ1v) is 35.2. The molecule has 10 rings (SSSR count). The van der Waals surface area contributed by atoms with E-state index in [0.29, 0.717) is 56.9 Å². The zero-order valence-electron chi connectivity index (χ0n) is 54.5. The van der Waals surface area contributed by atoms with Gasteiger partial charge in [-0.3, -0.25) is 13.9 Å². The molecule has 16 N–H and O–H groups in total. The summed E-state index contributed by atoms with van der Waals surface area (Å²) in [5, 5.41) is 158. The molecule has 2 unspecified atom stereocenters. The third-order valence-corrected chi connectivity index (χ3v) is 23.9. The van der Waals surface area contributed by atoms with E-state index in [1.165, 1.54) is 0 Å². The summed E-state index contributed by atoms with van der Waals surface area (Å²) in [5.74, 6) is -1.14. The Kier molecular flexibility index (Phi) is 23.1. The maximum atomic E-state index is 14.6. The summed E-state index contributed by atoms with van der Waals surface area (Å²) in [7, 11) is -9.30. The molecule has 0 radical (unpaired) electrons. The fraction of sp³-hybridized carbons (Fsp3) is 0.917. The van der Waals surface area contributed by atoms with Gasteiger partial charge < -0.3 is 128 Å². The minimum atomic E-state index is -5.26. The Morgan fingerprint density at radius 2 is 1.13 bits per heavy atom. The zero-order valence-corrected chi connectivity index (χ0v) is 56.2. The Bertz CT molecular complexity index is 3040. The largest absolute Gasteiger partial charge is 0.459 e. The highest BCUT2D eigenvalue weighted by atomic mass is 32.3. The molecule has 97 heavy (non-hydrogen) atoms. The summed E-state index contributed by atoms with van der Waals surface area (Å²) in [5.41, 5.74) is -2.75. The molecule has 0 amide bonds. The van der Waals surface area contributed by atoms with Gasteiger partial charge in [0.1, 0.15) is 127 Å². The highest BCUT2D eigenvalue weighted by molar-refractivity contribution is 7.81. The number of hydrogen-bond donors (Lipinski definition) is 16. The van der Waals surface area contributed by atoms with Crippen molar-refractivity contribution in [2.75, 3.05) is 40.1 Å². The van der Waals surface area contributed by atoms with E-state index in [4.69, 9.17) is 56.8 Å². The first kappa shape index (κ1) is 77.3. The number of fused-ring (bicyclic) bond motifs is 4. The molecule has 10 aliphatic rings. The molecule has 6 saturated heterocycles. The summed E-state index contributed by atoms with van der Waals surface area (Å²) < 4.78 is 145. The van der Waals surface area contributed by atoms with Gasteiger partial charge in [0.05, 0.1) is 51.3 Å². The molecule has 3 saturated carbocycles. The van der Waals surface area contributed by atoms with Crippen molar-refractivity contribution in [3.05, 3.63) is 23.8 Å². The van der Waals surface area contributed by atoms with Crippen LogP contribution in [0.5, 0.6) is 0 Å². The predicted octanol–water partition coefficient (Wildman–Crippen LogP) is -5.00. The van der Waals surface area contributed by atoms with E-state index >= 15 is 0 Å². The Morgan fingerprint density at radius 3 is 1.73 bits per heavy atom. The zero-order chi connectivity index (χ0) is 71.4. The van der Waals surface area contributed by atoms with Gasteiger partial charge in [0.15, 0.2) is 31.5 Å². The van der Waals surface area contributed by atoms with Gasteiger partial charge in [-0.25, -0.2) is 8.37 Å². The van der Waals surface area contributed by atoms with E-state index in [2.05, 4.69) is 28.8 Å². The number of aliphatic hydroxyl groups is 14. The number of hydrogen-bond acceptors (Lipinski definition) is 33. The average molecular weight is 1440 g/mol. The van der Waals surface area contributed by atoms with Crippen LogP contribution in [0.2, 0.25) is 0 Å². The number of carbonyl (C=O) groups excluding carboxylic acids is 1. The molecule has 9 fully saturated rings. The van der Waals surface area contributed by atoms with Crippen LogP contribution in [0.4, 0.5) is 0 Å². The van der Waals surface area contributed by atoms with Crippen LogP contribution in [0, 0.1) is 39.4 Å². The van der Waals surface area contributed by atoms with Gasteiger partial charge in [0.2, 0.25) is 0 Å².